The van der Waals surface area contributed by atoms with E-state index in [0.29, 0.717) is 0 Å². The minimum Gasteiger partial charge on any atom is -0.356 e. The maximum atomic E-state index is 10.3. The molecular weight excluding hydrogens is 136 g/mol. The van der Waals surface area contributed by atoms with Gasteiger partial charge in [-0.1, -0.05) is 9.24 Å². The predicted molar refractivity (Wildman–Crippen MR) is 39.6 cm³/mol. The molecule has 0 spiro atoms. The van der Waals surface area contributed by atoms with Gasteiger partial charge in [-0.2, -0.15) is 0 Å². The van der Waals surface area contributed by atoms with Crippen molar-refractivity contribution in [3.05, 3.63) is 0 Å². The summed E-state index contributed by atoms with van der Waals surface area (Å²) in [6.45, 7) is 0. The van der Waals surface area contributed by atoms with E-state index < -0.39 is 6.39 Å². The summed E-state index contributed by atoms with van der Waals surface area (Å²) in [6, 6.07) is 0. The number of carbonyl (C=O) groups is 2. The number of amides is 1. The van der Waals surface area contributed by atoms with Gasteiger partial charge >= 0.3 is 0 Å². The van der Waals surface area contributed by atoms with E-state index >= 15 is 0 Å². The third kappa shape index (κ3) is 5.51. The first kappa shape index (κ1) is 6.75. The molecule has 0 saturated carbocycles. The molecule has 1 radical (unpaired) electrons. The first-order chi connectivity index (χ1) is 4.54. The standard InChI is InChI=1S/C4H8BNO2P/c1-6(3-7)2-5-4(8)9/h3H,2,9H2,1H3/i3D. The lowest BCUT2D eigenvalue weighted by molar-refractivity contribution is -0.116. The van der Waals surface area contributed by atoms with E-state index in [-0.39, 0.29) is 11.9 Å². The van der Waals surface area contributed by atoms with Gasteiger partial charge < -0.3 is 9.69 Å². The Labute approximate surface area is 58.6 Å². The van der Waals surface area contributed by atoms with Gasteiger partial charge in [0.05, 0.1) is 0 Å². The van der Waals surface area contributed by atoms with E-state index in [9.17, 15) is 9.59 Å². The molecule has 0 aliphatic rings. The van der Waals surface area contributed by atoms with Crippen LogP contribution in [-0.2, 0) is 4.79 Å². The van der Waals surface area contributed by atoms with Gasteiger partial charge in [-0.15, -0.1) is 0 Å². The second-order valence-corrected chi connectivity index (χ2v) is 2.15. The molecule has 0 saturated heterocycles. The monoisotopic (exact) mass is 145 g/mol. The second-order valence-electron chi connectivity index (χ2n) is 1.58. The van der Waals surface area contributed by atoms with E-state index in [1.54, 1.807) is 0 Å². The van der Waals surface area contributed by atoms with Crippen LogP contribution in [0.3, 0.4) is 0 Å². The van der Waals surface area contributed by atoms with Crippen LogP contribution in [0.2, 0.25) is 0 Å². The van der Waals surface area contributed by atoms with E-state index in [1.807, 2.05) is 9.24 Å². The van der Waals surface area contributed by atoms with Crippen molar-refractivity contribution in [1.82, 2.24) is 4.90 Å². The molecular formula is C4H8BNO2P. The highest BCUT2D eigenvalue weighted by atomic mass is 31.0. The highest BCUT2D eigenvalue weighted by Gasteiger charge is 1.98. The number of hydrogen-bond acceptors (Lipinski definition) is 2. The molecule has 1 amide bonds. The lowest BCUT2D eigenvalue weighted by Gasteiger charge is -2.05. The molecule has 0 heterocycles. The lowest BCUT2D eigenvalue weighted by Crippen LogP contribution is -2.24. The zero-order chi connectivity index (χ0) is 8.15. The minimum atomic E-state index is -0.789. The summed E-state index contributed by atoms with van der Waals surface area (Å²) >= 11 is 0. The molecule has 49 valence electrons. The van der Waals surface area contributed by atoms with E-state index in [4.69, 9.17) is 1.37 Å². The highest BCUT2D eigenvalue weighted by Crippen LogP contribution is 1.85. The number of hydrogen-bond donors (Lipinski definition) is 0. The Bertz CT molecular complexity index is 154. The molecule has 0 fully saturated rings. The summed E-state index contributed by atoms with van der Waals surface area (Å²) in [7, 11) is 4.74. The zero-order valence-corrected chi connectivity index (χ0v) is 6.28. The Kier molecular flexibility index (Phi) is 3.38. The topological polar surface area (TPSA) is 37.4 Å². The van der Waals surface area contributed by atoms with Crippen molar-refractivity contribution >= 4 is 28.3 Å². The lowest BCUT2D eigenvalue weighted by atomic mass is 9.81. The molecule has 0 aromatic rings. The molecule has 0 aliphatic heterocycles. The Balaban J connectivity index is 3.49. The maximum Gasteiger partial charge on any atom is 0.232 e. The average Bonchev–Trinajstić information content (AvgIpc) is 1.82. The van der Waals surface area contributed by atoms with Crippen molar-refractivity contribution in [2.75, 3.05) is 13.5 Å². The Morgan fingerprint density at radius 2 is 2.67 bits per heavy atom. The molecule has 0 aromatic carbocycles. The summed E-state index contributed by atoms with van der Waals surface area (Å²) in [5.41, 5.74) is -0.173. The Morgan fingerprint density at radius 3 is 3.00 bits per heavy atom. The summed E-state index contributed by atoms with van der Waals surface area (Å²) in [5.74, 6) is 0. The van der Waals surface area contributed by atoms with Crippen LogP contribution in [0.4, 0.5) is 4.79 Å². The van der Waals surface area contributed by atoms with Crippen LogP contribution in [-0.4, -0.2) is 37.5 Å². The molecule has 0 aliphatic carbocycles. The number of rotatable bonds is 3. The van der Waals surface area contributed by atoms with Crippen molar-refractivity contribution in [2.45, 2.75) is 0 Å². The summed E-state index contributed by atoms with van der Waals surface area (Å²) in [6.07, 6.45) is -0.590. The summed E-state index contributed by atoms with van der Waals surface area (Å²) in [5, 5.41) is 0. The highest BCUT2D eigenvalue weighted by molar-refractivity contribution is 7.49. The van der Waals surface area contributed by atoms with Crippen LogP contribution in [0.15, 0.2) is 0 Å². The van der Waals surface area contributed by atoms with Crippen molar-refractivity contribution in [2.24, 2.45) is 0 Å². The summed E-state index contributed by atoms with van der Waals surface area (Å²) in [4.78, 5) is 21.6. The smallest absolute Gasteiger partial charge is 0.232 e. The van der Waals surface area contributed by atoms with E-state index in [0.717, 1.165) is 4.90 Å². The van der Waals surface area contributed by atoms with Crippen molar-refractivity contribution in [3.63, 3.8) is 0 Å². The Morgan fingerprint density at radius 1 is 2.11 bits per heavy atom. The quantitative estimate of drug-likeness (QED) is 0.311. The van der Waals surface area contributed by atoms with Crippen LogP contribution in [0.25, 0.3) is 0 Å². The number of carbonyl (C=O) groups excluding carboxylic acids is 2. The third-order valence-electron chi connectivity index (χ3n) is 0.722. The van der Waals surface area contributed by atoms with Gasteiger partial charge in [0.1, 0.15) is 6.79 Å². The van der Waals surface area contributed by atoms with Gasteiger partial charge in [-0.05, 0) is 6.44 Å². The Hall–Kier alpha value is -0.365. The molecule has 0 aromatic heterocycles. The van der Waals surface area contributed by atoms with Crippen LogP contribution < -0.4 is 0 Å². The number of nitrogens with zero attached hydrogens (tertiary/aromatic N) is 1. The van der Waals surface area contributed by atoms with Gasteiger partial charge in [0.15, 0.2) is 0 Å². The van der Waals surface area contributed by atoms with Gasteiger partial charge in [0.2, 0.25) is 13.7 Å². The second kappa shape index (κ2) is 4.51. The molecule has 0 bridgehead atoms. The molecule has 0 rings (SSSR count). The van der Waals surface area contributed by atoms with Crippen LogP contribution >= 0.6 is 9.24 Å². The molecule has 5 heteroatoms. The predicted octanol–water partition coefficient (Wildman–Crippen LogP) is -0.269. The van der Waals surface area contributed by atoms with Crippen LogP contribution in [0.5, 0.6) is 0 Å². The van der Waals surface area contributed by atoms with Gasteiger partial charge in [-0.25, -0.2) is 0 Å². The SMILES string of the molecule is [2H]C(=O)N(C)C[B]C(=O)P. The first-order valence-corrected chi connectivity index (χ1v) is 2.96. The molecule has 1 unspecified atom stereocenters. The molecule has 9 heavy (non-hydrogen) atoms. The van der Waals surface area contributed by atoms with Gasteiger partial charge in [0.25, 0.3) is 0 Å². The summed E-state index contributed by atoms with van der Waals surface area (Å²) < 4.78 is 6.58. The molecule has 1 atom stereocenters. The fraction of sp³-hybridized carbons (Fsp3) is 0.500. The molecule has 3 nitrogen and oxygen atoms in total. The average molecular weight is 145 g/mol. The first-order valence-electron chi connectivity index (χ1n) is 2.88. The fourth-order valence-electron chi connectivity index (χ4n) is 0.264. The molecule has 0 N–H and O–H groups in total. The zero-order valence-electron chi connectivity index (χ0n) is 6.13. The van der Waals surface area contributed by atoms with Crippen LogP contribution in [0, 0.1) is 0 Å². The van der Waals surface area contributed by atoms with Gasteiger partial charge in [-0.3, -0.25) is 4.79 Å². The third-order valence-corrected chi connectivity index (χ3v) is 0.958. The van der Waals surface area contributed by atoms with E-state index in [1.165, 1.54) is 14.3 Å². The van der Waals surface area contributed by atoms with Crippen molar-refractivity contribution in [3.8, 4) is 0 Å². The van der Waals surface area contributed by atoms with Crippen LogP contribution in [0.1, 0.15) is 1.37 Å². The fourth-order valence-corrected chi connectivity index (χ4v) is 0.370. The van der Waals surface area contributed by atoms with Gasteiger partial charge in [0, 0.05) is 7.05 Å². The van der Waals surface area contributed by atoms with Crippen molar-refractivity contribution in [1.29, 1.82) is 0 Å². The normalized spacial score (nSPS) is 9.78. The maximum absolute atomic E-state index is 10.3. The minimum absolute atomic E-state index is 0.173. The largest absolute Gasteiger partial charge is 0.356 e. The van der Waals surface area contributed by atoms with E-state index in [2.05, 4.69) is 0 Å². The van der Waals surface area contributed by atoms with Crippen molar-refractivity contribution < 1.29 is 11.0 Å².